The van der Waals surface area contributed by atoms with E-state index in [-0.39, 0.29) is 6.10 Å². The molecule has 0 aliphatic heterocycles. The lowest BCUT2D eigenvalue weighted by atomic mass is 10.1. The third-order valence-corrected chi connectivity index (χ3v) is 3.71. The zero-order valence-corrected chi connectivity index (χ0v) is 14.7. The summed E-state index contributed by atoms with van der Waals surface area (Å²) in [4.78, 5) is 2.36. The molecule has 2 aromatic carbocycles. The van der Waals surface area contributed by atoms with Crippen LogP contribution in [-0.4, -0.2) is 19.7 Å². The lowest BCUT2D eigenvalue weighted by Gasteiger charge is -2.27. The van der Waals surface area contributed by atoms with Gasteiger partial charge < -0.3 is 15.0 Å². The van der Waals surface area contributed by atoms with Crippen LogP contribution in [0.25, 0.3) is 0 Å². The average molecular weight is 312 g/mol. The van der Waals surface area contributed by atoms with E-state index in [1.807, 2.05) is 7.05 Å². The Kier molecular flexibility index (Phi) is 6.48. The number of nitrogens with zero attached hydrogens (tertiary/aromatic N) is 1. The van der Waals surface area contributed by atoms with Crippen molar-refractivity contribution in [2.45, 2.75) is 40.0 Å². The van der Waals surface area contributed by atoms with Crippen molar-refractivity contribution in [3.05, 3.63) is 59.7 Å². The summed E-state index contributed by atoms with van der Waals surface area (Å²) in [6.45, 7) is 9.00. The van der Waals surface area contributed by atoms with Gasteiger partial charge in [0.05, 0.1) is 11.8 Å². The molecule has 2 aromatic rings. The quantitative estimate of drug-likeness (QED) is 0.790. The van der Waals surface area contributed by atoms with Gasteiger partial charge in [-0.05, 0) is 51.1 Å². The highest BCUT2D eigenvalue weighted by Crippen LogP contribution is 2.31. The van der Waals surface area contributed by atoms with Gasteiger partial charge in [0, 0.05) is 19.6 Å². The second-order valence-electron chi connectivity index (χ2n) is 6.00. The Labute approximate surface area is 140 Å². The predicted octanol–water partition coefficient (Wildman–Crippen LogP) is 4.22. The summed E-state index contributed by atoms with van der Waals surface area (Å²) in [5.74, 6) is 0.963. The largest absolute Gasteiger partial charge is 0.489 e. The Hall–Kier alpha value is -2.00. The van der Waals surface area contributed by atoms with Gasteiger partial charge in [0.15, 0.2) is 0 Å². The molecule has 23 heavy (non-hydrogen) atoms. The molecule has 1 N–H and O–H groups in total. The van der Waals surface area contributed by atoms with Crippen molar-refractivity contribution in [2.75, 3.05) is 18.5 Å². The minimum atomic E-state index is 0.161. The summed E-state index contributed by atoms with van der Waals surface area (Å²) in [5, 5.41) is 3.20. The summed E-state index contributed by atoms with van der Waals surface area (Å²) in [5.41, 5.74) is 3.71. The molecule has 0 heterocycles. The Balaban J connectivity index is 2.30. The van der Waals surface area contributed by atoms with E-state index in [4.69, 9.17) is 4.74 Å². The van der Waals surface area contributed by atoms with Crippen LogP contribution in [0.2, 0.25) is 0 Å². The molecule has 3 nitrogen and oxygen atoms in total. The highest BCUT2D eigenvalue weighted by Gasteiger charge is 2.13. The first-order chi connectivity index (χ1) is 11.1. The summed E-state index contributed by atoms with van der Waals surface area (Å²) in [6, 6.07) is 17.1. The first-order valence-corrected chi connectivity index (χ1v) is 8.37. The van der Waals surface area contributed by atoms with E-state index in [0.717, 1.165) is 31.1 Å². The molecule has 0 bridgehead atoms. The molecule has 0 unspecified atom stereocenters. The molecule has 0 radical (unpaired) electrons. The number of hydrogen-bond acceptors (Lipinski definition) is 3. The molecule has 0 aliphatic rings. The van der Waals surface area contributed by atoms with Crippen LogP contribution in [0.5, 0.6) is 5.75 Å². The lowest BCUT2D eigenvalue weighted by Crippen LogP contribution is -2.23. The minimum absolute atomic E-state index is 0.161. The van der Waals surface area contributed by atoms with Crippen molar-refractivity contribution in [1.29, 1.82) is 0 Å². The normalized spacial score (nSPS) is 10.8. The van der Waals surface area contributed by atoms with Crippen molar-refractivity contribution >= 4 is 5.69 Å². The summed E-state index contributed by atoms with van der Waals surface area (Å²) in [6.07, 6.45) is 0.161. The van der Waals surface area contributed by atoms with Crippen molar-refractivity contribution < 1.29 is 4.74 Å². The topological polar surface area (TPSA) is 24.5 Å². The molecular formula is C20H28N2O. The number of ether oxygens (including phenoxy) is 1. The highest BCUT2D eigenvalue weighted by molar-refractivity contribution is 5.60. The molecule has 0 saturated heterocycles. The first kappa shape index (κ1) is 17.4. The fraction of sp³-hybridized carbons (Fsp3) is 0.400. The number of benzene rings is 2. The first-order valence-electron chi connectivity index (χ1n) is 8.37. The third-order valence-electron chi connectivity index (χ3n) is 3.71. The molecule has 124 valence electrons. The smallest absolute Gasteiger partial charge is 0.143 e. The maximum Gasteiger partial charge on any atom is 0.143 e. The van der Waals surface area contributed by atoms with Crippen molar-refractivity contribution in [2.24, 2.45) is 0 Å². The van der Waals surface area contributed by atoms with E-state index in [9.17, 15) is 0 Å². The van der Waals surface area contributed by atoms with E-state index in [1.54, 1.807) is 0 Å². The van der Waals surface area contributed by atoms with Crippen LogP contribution < -0.4 is 15.0 Å². The van der Waals surface area contributed by atoms with E-state index in [0.29, 0.717) is 0 Å². The molecule has 0 spiro atoms. The van der Waals surface area contributed by atoms with Crippen molar-refractivity contribution in [3.8, 4) is 5.75 Å². The van der Waals surface area contributed by atoms with Gasteiger partial charge in [0.25, 0.3) is 0 Å². The highest BCUT2D eigenvalue weighted by atomic mass is 16.5. The van der Waals surface area contributed by atoms with Gasteiger partial charge >= 0.3 is 0 Å². The number of hydrogen-bond donors (Lipinski definition) is 1. The summed E-state index contributed by atoms with van der Waals surface area (Å²) >= 11 is 0. The molecule has 0 atom stereocenters. The van der Waals surface area contributed by atoms with Gasteiger partial charge in [-0.15, -0.1) is 0 Å². The second kappa shape index (κ2) is 8.59. The minimum Gasteiger partial charge on any atom is -0.489 e. The standard InChI is InChI=1S/C20H28N2O/c1-5-22(15-17-9-7-6-8-10-17)19-12-11-18(14-21-4)13-20(19)23-16(2)3/h6-13,16,21H,5,14-15H2,1-4H3. The van der Waals surface area contributed by atoms with Crippen LogP contribution in [-0.2, 0) is 13.1 Å². The Morgan fingerprint density at radius 2 is 1.78 bits per heavy atom. The van der Waals surface area contributed by atoms with Crippen LogP contribution >= 0.6 is 0 Å². The van der Waals surface area contributed by atoms with Crippen LogP contribution in [0.3, 0.4) is 0 Å². The van der Waals surface area contributed by atoms with E-state index in [2.05, 4.69) is 79.5 Å². The average Bonchev–Trinajstić information content (AvgIpc) is 2.54. The van der Waals surface area contributed by atoms with E-state index in [1.165, 1.54) is 11.1 Å². The molecule has 0 aliphatic carbocycles. The van der Waals surface area contributed by atoms with E-state index >= 15 is 0 Å². The maximum absolute atomic E-state index is 6.08. The number of anilines is 1. The molecule has 0 fully saturated rings. The van der Waals surface area contributed by atoms with Gasteiger partial charge in [-0.1, -0.05) is 36.4 Å². The predicted molar refractivity (Wildman–Crippen MR) is 98.1 cm³/mol. The fourth-order valence-corrected chi connectivity index (χ4v) is 2.65. The van der Waals surface area contributed by atoms with Gasteiger partial charge in [-0.2, -0.15) is 0 Å². The van der Waals surface area contributed by atoms with Gasteiger partial charge in [-0.3, -0.25) is 0 Å². The fourth-order valence-electron chi connectivity index (χ4n) is 2.65. The Bertz CT molecular complexity index is 596. The van der Waals surface area contributed by atoms with Crippen molar-refractivity contribution in [3.63, 3.8) is 0 Å². The van der Waals surface area contributed by atoms with Crippen LogP contribution in [0.4, 0.5) is 5.69 Å². The molecular weight excluding hydrogens is 284 g/mol. The van der Waals surface area contributed by atoms with Crippen LogP contribution in [0.15, 0.2) is 48.5 Å². The zero-order valence-electron chi connectivity index (χ0n) is 14.7. The SMILES string of the molecule is CCN(Cc1ccccc1)c1ccc(CNC)cc1OC(C)C. The summed E-state index contributed by atoms with van der Waals surface area (Å²) < 4.78 is 6.08. The molecule has 3 heteroatoms. The molecule has 0 saturated carbocycles. The zero-order chi connectivity index (χ0) is 16.7. The lowest BCUT2D eigenvalue weighted by molar-refractivity contribution is 0.242. The molecule has 0 amide bonds. The molecule has 0 aromatic heterocycles. The van der Waals surface area contributed by atoms with Gasteiger partial charge in [-0.25, -0.2) is 0 Å². The van der Waals surface area contributed by atoms with Crippen molar-refractivity contribution in [1.82, 2.24) is 5.32 Å². The van der Waals surface area contributed by atoms with Crippen LogP contribution in [0, 0.1) is 0 Å². The molecule has 2 rings (SSSR count). The van der Waals surface area contributed by atoms with Crippen LogP contribution in [0.1, 0.15) is 31.9 Å². The Morgan fingerprint density at radius 1 is 1.04 bits per heavy atom. The number of nitrogens with one attached hydrogen (secondary N) is 1. The monoisotopic (exact) mass is 312 g/mol. The Morgan fingerprint density at radius 3 is 2.39 bits per heavy atom. The number of rotatable bonds is 8. The second-order valence-corrected chi connectivity index (χ2v) is 6.00. The summed E-state index contributed by atoms with van der Waals surface area (Å²) in [7, 11) is 1.96. The van der Waals surface area contributed by atoms with Gasteiger partial charge in [0.2, 0.25) is 0 Å². The maximum atomic E-state index is 6.08. The van der Waals surface area contributed by atoms with E-state index < -0.39 is 0 Å². The van der Waals surface area contributed by atoms with Gasteiger partial charge in [0.1, 0.15) is 5.75 Å². The third kappa shape index (κ3) is 5.00.